The molecular formula is C21H20F2N4O3S. The number of rotatable bonds is 7. The number of carbonyl (C=O) groups excluding carboxylic acids is 2. The number of alkyl halides is 2. The largest absolute Gasteiger partial charge is 0.434 e. The predicted octanol–water partition coefficient (Wildman–Crippen LogP) is 5.19. The van der Waals surface area contributed by atoms with Gasteiger partial charge in [-0.25, -0.2) is 9.78 Å². The van der Waals surface area contributed by atoms with Crippen molar-refractivity contribution in [2.45, 2.75) is 26.5 Å². The fraction of sp³-hybridized carbons (Fsp3) is 0.190. The lowest BCUT2D eigenvalue weighted by molar-refractivity contribution is -0.0494. The van der Waals surface area contributed by atoms with Crippen molar-refractivity contribution < 1.29 is 23.1 Å². The zero-order valence-corrected chi connectivity index (χ0v) is 17.5. The maximum atomic E-state index is 12.6. The van der Waals surface area contributed by atoms with Crippen molar-refractivity contribution in [2.24, 2.45) is 0 Å². The number of halogens is 2. The number of amides is 3. The molecule has 3 amide bonds. The number of para-hydroxylation sites is 1. The summed E-state index contributed by atoms with van der Waals surface area (Å²) < 4.78 is 29.8. The SMILES string of the molecule is CC(C)NC(=O)Nc1ccc(C(=O)Nc2nc(-c3ccccc3OC(F)F)cs2)cc1. The van der Waals surface area contributed by atoms with Gasteiger partial charge in [0.1, 0.15) is 5.75 Å². The van der Waals surface area contributed by atoms with Gasteiger partial charge >= 0.3 is 12.6 Å². The van der Waals surface area contributed by atoms with E-state index in [1.54, 1.807) is 47.8 Å². The van der Waals surface area contributed by atoms with Crippen molar-refractivity contribution >= 4 is 34.1 Å². The second-order valence-electron chi connectivity index (χ2n) is 6.70. The fourth-order valence-electron chi connectivity index (χ4n) is 2.64. The summed E-state index contributed by atoms with van der Waals surface area (Å²) in [6.45, 7) is 0.746. The molecule has 0 saturated heterocycles. The van der Waals surface area contributed by atoms with E-state index >= 15 is 0 Å². The molecule has 0 aliphatic rings. The van der Waals surface area contributed by atoms with Crippen LogP contribution in [-0.2, 0) is 0 Å². The number of aromatic nitrogens is 1. The first-order chi connectivity index (χ1) is 14.8. The maximum Gasteiger partial charge on any atom is 0.387 e. The second kappa shape index (κ2) is 9.98. The van der Waals surface area contributed by atoms with Gasteiger partial charge in [-0.2, -0.15) is 8.78 Å². The smallest absolute Gasteiger partial charge is 0.387 e. The molecule has 0 spiro atoms. The summed E-state index contributed by atoms with van der Waals surface area (Å²) in [5.41, 5.74) is 1.72. The van der Waals surface area contributed by atoms with E-state index in [1.807, 2.05) is 13.8 Å². The Kier molecular flexibility index (Phi) is 7.14. The molecule has 0 aliphatic carbocycles. The third-order valence-corrected chi connectivity index (χ3v) is 4.69. The number of hydrogen-bond donors (Lipinski definition) is 3. The minimum atomic E-state index is -2.95. The van der Waals surface area contributed by atoms with Crippen LogP contribution in [0.15, 0.2) is 53.9 Å². The number of benzene rings is 2. The molecule has 0 unspecified atom stereocenters. The van der Waals surface area contributed by atoms with Gasteiger partial charge in [0, 0.05) is 28.2 Å². The highest BCUT2D eigenvalue weighted by molar-refractivity contribution is 7.14. The van der Waals surface area contributed by atoms with Crippen molar-refractivity contribution in [2.75, 3.05) is 10.6 Å². The average Bonchev–Trinajstić information content (AvgIpc) is 3.16. The number of carbonyl (C=O) groups is 2. The van der Waals surface area contributed by atoms with Gasteiger partial charge in [0.05, 0.1) is 5.69 Å². The molecule has 1 heterocycles. The van der Waals surface area contributed by atoms with Gasteiger partial charge in [-0.15, -0.1) is 11.3 Å². The predicted molar refractivity (Wildman–Crippen MR) is 116 cm³/mol. The minimum absolute atomic E-state index is 0.00198. The molecule has 3 aromatic rings. The van der Waals surface area contributed by atoms with E-state index in [1.165, 1.54) is 6.07 Å². The number of hydrogen-bond acceptors (Lipinski definition) is 5. The van der Waals surface area contributed by atoms with Crippen LogP contribution in [0.1, 0.15) is 24.2 Å². The topological polar surface area (TPSA) is 92.4 Å². The lowest BCUT2D eigenvalue weighted by atomic mass is 10.1. The van der Waals surface area contributed by atoms with Crippen molar-refractivity contribution in [1.82, 2.24) is 10.3 Å². The number of nitrogens with one attached hydrogen (secondary N) is 3. The highest BCUT2D eigenvalue weighted by atomic mass is 32.1. The van der Waals surface area contributed by atoms with Gasteiger partial charge in [0.15, 0.2) is 5.13 Å². The summed E-state index contributed by atoms with van der Waals surface area (Å²) >= 11 is 1.16. The molecule has 1 aromatic heterocycles. The summed E-state index contributed by atoms with van der Waals surface area (Å²) in [7, 11) is 0. The first kappa shape index (κ1) is 22.2. The van der Waals surface area contributed by atoms with E-state index in [0.29, 0.717) is 27.6 Å². The normalized spacial score (nSPS) is 10.8. The highest BCUT2D eigenvalue weighted by Crippen LogP contribution is 2.33. The Hall–Kier alpha value is -3.53. The Bertz CT molecular complexity index is 1050. The zero-order valence-electron chi connectivity index (χ0n) is 16.7. The summed E-state index contributed by atoms with van der Waals surface area (Å²) in [6.07, 6.45) is 0. The molecule has 162 valence electrons. The summed E-state index contributed by atoms with van der Waals surface area (Å²) in [6, 6.07) is 12.3. The van der Waals surface area contributed by atoms with Gasteiger partial charge in [0.2, 0.25) is 0 Å². The standard InChI is InChI=1S/C21H20F2N4O3S/c1-12(2)24-20(29)25-14-9-7-13(8-10-14)18(28)27-21-26-16(11-31-21)15-5-3-4-6-17(15)30-19(22)23/h3-12,19H,1-2H3,(H2,24,25,29)(H,26,27,28). The lowest BCUT2D eigenvalue weighted by Gasteiger charge is -2.10. The van der Waals surface area contributed by atoms with Crippen LogP contribution in [0, 0.1) is 0 Å². The molecule has 3 rings (SSSR count). The summed E-state index contributed by atoms with van der Waals surface area (Å²) in [5, 5.41) is 10.0. The average molecular weight is 446 g/mol. The van der Waals surface area contributed by atoms with E-state index in [4.69, 9.17) is 0 Å². The van der Waals surface area contributed by atoms with Crippen molar-refractivity contribution in [3.05, 3.63) is 59.5 Å². The Morgan fingerprint density at radius 3 is 2.42 bits per heavy atom. The van der Waals surface area contributed by atoms with Crippen molar-refractivity contribution in [3.63, 3.8) is 0 Å². The molecule has 7 nitrogen and oxygen atoms in total. The van der Waals surface area contributed by atoms with Gasteiger partial charge in [-0.1, -0.05) is 12.1 Å². The van der Waals surface area contributed by atoms with Crippen LogP contribution >= 0.6 is 11.3 Å². The van der Waals surface area contributed by atoms with Crippen LogP contribution in [0.5, 0.6) is 5.75 Å². The van der Waals surface area contributed by atoms with E-state index < -0.39 is 12.5 Å². The van der Waals surface area contributed by atoms with E-state index in [0.717, 1.165) is 11.3 Å². The van der Waals surface area contributed by atoms with Crippen molar-refractivity contribution in [3.8, 4) is 17.0 Å². The first-order valence-electron chi connectivity index (χ1n) is 9.30. The molecule has 10 heteroatoms. The minimum Gasteiger partial charge on any atom is -0.434 e. The third-order valence-electron chi connectivity index (χ3n) is 3.93. The molecule has 0 saturated carbocycles. The first-order valence-corrected chi connectivity index (χ1v) is 10.2. The van der Waals surface area contributed by atoms with Crippen LogP contribution in [0.4, 0.5) is 24.4 Å². The van der Waals surface area contributed by atoms with Crippen LogP contribution < -0.4 is 20.7 Å². The highest BCUT2D eigenvalue weighted by Gasteiger charge is 2.15. The molecule has 2 aromatic carbocycles. The molecule has 0 aliphatic heterocycles. The molecule has 3 N–H and O–H groups in total. The van der Waals surface area contributed by atoms with Crippen molar-refractivity contribution in [1.29, 1.82) is 0 Å². The molecule has 0 radical (unpaired) electrons. The number of nitrogens with zero attached hydrogens (tertiary/aromatic N) is 1. The van der Waals surface area contributed by atoms with Crippen LogP contribution in [-0.4, -0.2) is 29.6 Å². The number of ether oxygens (including phenoxy) is 1. The molecular weight excluding hydrogens is 426 g/mol. The summed E-state index contributed by atoms with van der Waals surface area (Å²) in [4.78, 5) is 28.5. The van der Waals surface area contributed by atoms with Gasteiger partial charge in [0.25, 0.3) is 5.91 Å². The monoisotopic (exact) mass is 446 g/mol. The number of urea groups is 1. The quantitative estimate of drug-likeness (QED) is 0.466. The molecule has 0 atom stereocenters. The van der Waals surface area contributed by atoms with Gasteiger partial charge in [-0.05, 0) is 50.2 Å². The number of anilines is 2. The fourth-order valence-corrected chi connectivity index (χ4v) is 3.34. The molecule has 0 fully saturated rings. The molecule has 0 bridgehead atoms. The maximum absolute atomic E-state index is 12.6. The molecule has 31 heavy (non-hydrogen) atoms. The second-order valence-corrected chi connectivity index (χ2v) is 7.56. The van der Waals surface area contributed by atoms with E-state index in [-0.39, 0.29) is 17.8 Å². The van der Waals surface area contributed by atoms with E-state index in [2.05, 4.69) is 25.7 Å². The zero-order chi connectivity index (χ0) is 22.4. The Morgan fingerprint density at radius 2 is 1.74 bits per heavy atom. The third kappa shape index (κ3) is 6.22. The Morgan fingerprint density at radius 1 is 1.03 bits per heavy atom. The Balaban J connectivity index is 1.66. The van der Waals surface area contributed by atoms with Gasteiger partial charge in [-0.3, -0.25) is 10.1 Å². The summed E-state index contributed by atoms with van der Waals surface area (Å²) in [5.74, 6) is -0.388. The van der Waals surface area contributed by atoms with Crippen LogP contribution in [0.2, 0.25) is 0 Å². The van der Waals surface area contributed by atoms with Crippen LogP contribution in [0.3, 0.4) is 0 Å². The Labute approximate surface area is 181 Å². The van der Waals surface area contributed by atoms with Crippen LogP contribution in [0.25, 0.3) is 11.3 Å². The lowest BCUT2D eigenvalue weighted by Crippen LogP contribution is -2.34. The number of thiazole rings is 1. The van der Waals surface area contributed by atoms with E-state index in [9.17, 15) is 18.4 Å². The van der Waals surface area contributed by atoms with Gasteiger partial charge < -0.3 is 15.4 Å².